The highest BCUT2D eigenvalue weighted by Gasteiger charge is 2.18. The number of aromatic nitrogens is 2. The van der Waals surface area contributed by atoms with Crippen molar-refractivity contribution < 1.29 is 26.8 Å². The molecular weight excluding hydrogens is 377 g/mol. The van der Waals surface area contributed by atoms with E-state index in [0.29, 0.717) is 17.1 Å². The van der Waals surface area contributed by atoms with Gasteiger partial charge < -0.3 is 14.0 Å². The molecule has 0 spiro atoms. The molecule has 2 aromatic carbocycles. The third kappa shape index (κ3) is 4.23. The molecule has 1 aromatic heterocycles. The van der Waals surface area contributed by atoms with Gasteiger partial charge in [0.05, 0.1) is 25.7 Å². The van der Waals surface area contributed by atoms with Crippen molar-refractivity contribution in [1.29, 1.82) is 0 Å². The molecule has 142 valence electrons. The predicted octanol–water partition coefficient (Wildman–Crippen LogP) is 2.37. The number of nitrogens with zero attached hydrogens (tertiary/aromatic N) is 2. The Kier molecular flexibility index (Phi) is 5.38. The van der Waals surface area contributed by atoms with E-state index in [2.05, 4.69) is 14.9 Å². The first-order valence-corrected chi connectivity index (χ1v) is 9.21. The largest absolute Gasteiger partial charge is 0.497 e. The van der Waals surface area contributed by atoms with E-state index in [-0.39, 0.29) is 23.1 Å². The summed E-state index contributed by atoms with van der Waals surface area (Å²) in [6.45, 7) is -0.243. The molecular formula is C17H16FN3O5S. The molecule has 0 fully saturated rings. The number of ether oxygens (including phenoxy) is 2. The summed E-state index contributed by atoms with van der Waals surface area (Å²) >= 11 is 0. The van der Waals surface area contributed by atoms with Crippen LogP contribution in [-0.4, -0.2) is 32.8 Å². The lowest BCUT2D eigenvalue weighted by Gasteiger charge is -2.06. The average Bonchev–Trinajstić information content (AvgIpc) is 3.15. The quantitative estimate of drug-likeness (QED) is 0.657. The summed E-state index contributed by atoms with van der Waals surface area (Å²) in [6, 6.07) is 10.4. The fourth-order valence-electron chi connectivity index (χ4n) is 2.26. The van der Waals surface area contributed by atoms with Gasteiger partial charge in [-0.25, -0.2) is 17.5 Å². The Morgan fingerprint density at radius 3 is 2.67 bits per heavy atom. The van der Waals surface area contributed by atoms with Crippen molar-refractivity contribution >= 4 is 10.0 Å². The Morgan fingerprint density at radius 1 is 1.15 bits per heavy atom. The van der Waals surface area contributed by atoms with Gasteiger partial charge >= 0.3 is 0 Å². The Balaban J connectivity index is 1.73. The Labute approximate surface area is 155 Å². The van der Waals surface area contributed by atoms with Crippen LogP contribution in [0.3, 0.4) is 0 Å². The molecule has 1 heterocycles. The second-order valence-corrected chi connectivity index (χ2v) is 7.13. The van der Waals surface area contributed by atoms with Gasteiger partial charge in [-0.05, 0) is 30.3 Å². The molecule has 0 bridgehead atoms. The second kappa shape index (κ2) is 7.72. The molecule has 0 saturated carbocycles. The van der Waals surface area contributed by atoms with Gasteiger partial charge in [-0.2, -0.15) is 4.98 Å². The first kappa shape index (κ1) is 18.8. The van der Waals surface area contributed by atoms with Gasteiger partial charge in [-0.1, -0.05) is 17.3 Å². The van der Waals surface area contributed by atoms with Crippen LogP contribution in [0.5, 0.6) is 11.5 Å². The van der Waals surface area contributed by atoms with Crippen molar-refractivity contribution in [2.75, 3.05) is 14.2 Å². The maximum atomic E-state index is 13.7. The number of nitrogens with one attached hydrogen (secondary N) is 1. The smallest absolute Gasteiger partial charge is 0.242 e. The van der Waals surface area contributed by atoms with Crippen LogP contribution >= 0.6 is 0 Å². The summed E-state index contributed by atoms with van der Waals surface area (Å²) in [6.07, 6.45) is 0. The van der Waals surface area contributed by atoms with Crippen LogP contribution < -0.4 is 14.2 Å². The second-order valence-electron chi connectivity index (χ2n) is 5.36. The molecule has 0 amide bonds. The highest BCUT2D eigenvalue weighted by atomic mass is 32.2. The summed E-state index contributed by atoms with van der Waals surface area (Å²) in [7, 11) is -1.13. The standard InChI is InChI=1S/C17H16FN3O5S/c1-24-12-5-3-4-11(8-12)17-20-16(26-21-17)10-19-27(22,23)13-6-7-15(25-2)14(18)9-13/h3-9,19H,10H2,1-2H3. The van der Waals surface area contributed by atoms with Crippen LogP contribution in [0.15, 0.2) is 51.9 Å². The lowest BCUT2D eigenvalue weighted by atomic mass is 10.2. The van der Waals surface area contributed by atoms with E-state index in [9.17, 15) is 12.8 Å². The Morgan fingerprint density at radius 2 is 1.96 bits per heavy atom. The van der Waals surface area contributed by atoms with Crippen molar-refractivity contribution in [3.63, 3.8) is 0 Å². The Bertz CT molecular complexity index is 1050. The van der Waals surface area contributed by atoms with Crippen LogP contribution in [-0.2, 0) is 16.6 Å². The maximum absolute atomic E-state index is 13.7. The van der Waals surface area contributed by atoms with Gasteiger partial charge in [0.25, 0.3) is 0 Å². The first-order valence-electron chi connectivity index (χ1n) is 7.73. The number of hydrogen-bond donors (Lipinski definition) is 1. The SMILES string of the molecule is COc1cccc(-c2noc(CNS(=O)(=O)c3ccc(OC)c(F)c3)n2)c1. The maximum Gasteiger partial charge on any atom is 0.242 e. The van der Waals surface area contributed by atoms with Crippen molar-refractivity contribution in [3.8, 4) is 22.9 Å². The third-order valence-electron chi connectivity index (χ3n) is 3.64. The summed E-state index contributed by atoms with van der Waals surface area (Å²) in [5.74, 6) is 0.150. The molecule has 3 rings (SSSR count). The van der Waals surface area contributed by atoms with Crippen LogP contribution in [0.2, 0.25) is 0 Å². The van der Waals surface area contributed by atoms with Gasteiger partial charge in [0.1, 0.15) is 5.75 Å². The fourth-order valence-corrected chi connectivity index (χ4v) is 3.25. The summed E-state index contributed by atoms with van der Waals surface area (Å²) in [5, 5.41) is 3.82. The van der Waals surface area contributed by atoms with E-state index in [4.69, 9.17) is 14.0 Å². The number of halogens is 1. The molecule has 10 heteroatoms. The van der Waals surface area contributed by atoms with Gasteiger partial charge in [0.2, 0.25) is 21.7 Å². The van der Waals surface area contributed by atoms with Crippen molar-refractivity contribution in [2.24, 2.45) is 0 Å². The molecule has 8 nitrogen and oxygen atoms in total. The lowest BCUT2D eigenvalue weighted by molar-refractivity contribution is 0.375. The van der Waals surface area contributed by atoms with E-state index in [0.717, 1.165) is 6.07 Å². The predicted molar refractivity (Wildman–Crippen MR) is 93.3 cm³/mol. The topological polar surface area (TPSA) is 104 Å². The molecule has 0 unspecified atom stereocenters. The zero-order valence-corrected chi connectivity index (χ0v) is 15.3. The minimum absolute atomic E-state index is 0.0474. The normalized spacial score (nSPS) is 11.4. The van der Waals surface area contributed by atoms with Crippen LogP contribution in [0, 0.1) is 5.82 Å². The molecule has 0 aliphatic heterocycles. The monoisotopic (exact) mass is 393 g/mol. The van der Waals surface area contributed by atoms with Gasteiger partial charge in [-0.3, -0.25) is 0 Å². The van der Waals surface area contributed by atoms with Crippen molar-refractivity contribution in [1.82, 2.24) is 14.9 Å². The molecule has 0 saturated heterocycles. The zero-order valence-electron chi connectivity index (χ0n) is 14.5. The van der Waals surface area contributed by atoms with E-state index in [1.54, 1.807) is 24.3 Å². The van der Waals surface area contributed by atoms with Crippen LogP contribution in [0.25, 0.3) is 11.4 Å². The summed E-state index contributed by atoms with van der Waals surface area (Å²) < 4.78 is 55.6. The number of sulfonamides is 1. The van der Waals surface area contributed by atoms with Gasteiger partial charge in [-0.15, -0.1) is 0 Å². The number of benzene rings is 2. The van der Waals surface area contributed by atoms with Crippen molar-refractivity contribution in [2.45, 2.75) is 11.4 Å². The highest BCUT2D eigenvalue weighted by molar-refractivity contribution is 7.89. The van der Waals surface area contributed by atoms with Crippen LogP contribution in [0.1, 0.15) is 5.89 Å². The van der Waals surface area contributed by atoms with E-state index >= 15 is 0 Å². The zero-order chi connectivity index (χ0) is 19.4. The lowest BCUT2D eigenvalue weighted by Crippen LogP contribution is -2.23. The van der Waals surface area contributed by atoms with E-state index in [1.165, 1.54) is 26.4 Å². The Hall–Kier alpha value is -2.98. The molecule has 27 heavy (non-hydrogen) atoms. The first-order chi connectivity index (χ1) is 12.9. The molecule has 3 aromatic rings. The average molecular weight is 393 g/mol. The molecule has 0 atom stereocenters. The summed E-state index contributed by atoms with van der Waals surface area (Å²) in [4.78, 5) is 3.90. The van der Waals surface area contributed by atoms with E-state index < -0.39 is 15.8 Å². The highest BCUT2D eigenvalue weighted by Crippen LogP contribution is 2.22. The van der Waals surface area contributed by atoms with E-state index in [1.807, 2.05) is 0 Å². The minimum atomic E-state index is -3.97. The number of hydrogen-bond acceptors (Lipinski definition) is 7. The summed E-state index contributed by atoms with van der Waals surface area (Å²) in [5.41, 5.74) is 0.657. The molecule has 0 aliphatic rings. The number of methoxy groups -OCH3 is 2. The minimum Gasteiger partial charge on any atom is -0.497 e. The molecule has 1 N–H and O–H groups in total. The third-order valence-corrected chi connectivity index (χ3v) is 5.04. The molecule has 0 radical (unpaired) electrons. The van der Waals surface area contributed by atoms with Crippen molar-refractivity contribution in [3.05, 3.63) is 54.2 Å². The van der Waals surface area contributed by atoms with Gasteiger partial charge in [0.15, 0.2) is 11.6 Å². The number of rotatable bonds is 7. The van der Waals surface area contributed by atoms with Crippen LogP contribution in [0.4, 0.5) is 4.39 Å². The molecule has 0 aliphatic carbocycles. The van der Waals surface area contributed by atoms with Gasteiger partial charge in [0, 0.05) is 5.56 Å². The fraction of sp³-hybridized carbons (Fsp3) is 0.176.